The van der Waals surface area contributed by atoms with Crippen molar-refractivity contribution in [2.45, 2.75) is 20.8 Å². The van der Waals surface area contributed by atoms with Gasteiger partial charge in [0.2, 0.25) is 0 Å². The zero-order valence-corrected chi connectivity index (χ0v) is 13.6. The molecule has 0 saturated carbocycles. The molecular weight excluding hydrogens is 306 g/mol. The number of H-pyrrole nitrogens is 1. The van der Waals surface area contributed by atoms with E-state index in [9.17, 15) is 14.9 Å². The molecule has 0 bridgehead atoms. The maximum atomic E-state index is 12.5. The Kier molecular flexibility index (Phi) is 3.81. The lowest BCUT2D eigenvalue weighted by Gasteiger charge is -2.07. The van der Waals surface area contributed by atoms with E-state index in [-0.39, 0.29) is 11.6 Å². The van der Waals surface area contributed by atoms with Crippen LogP contribution in [-0.2, 0) is 0 Å². The van der Waals surface area contributed by atoms with E-state index < -0.39 is 4.92 Å². The molecule has 0 atom stereocenters. The quantitative estimate of drug-likeness (QED) is 0.558. The highest BCUT2D eigenvalue weighted by atomic mass is 16.6. The molecule has 0 saturated heterocycles. The molecule has 0 fully saturated rings. The first-order valence-electron chi connectivity index (χ1n) is 7.51. The van der Waals surface area contributed by atoms with Gasteiger partial charge >= 0.3 is 0 Å². The van der Waals surface area contributed by atoms with Crippen molar-refractivity contribution in [2.75, 3.05) is 5.32 Å². The summed E-state index contributed by atoms with van der Waals surface area (Å²) in [6, 6.07) is 10.2. The molecule has 0 aliphatic carbocycles. The molecular formula is C18H17N3O3. The van der Waals surface area contributed by atoms with Crippen molar-refractivity contribution in [3.63, 3.8) is 0 Å². The van der Waals surface area contributed by atoms with Crippen molar-refractivity contribution in [3.05, 3.63) is 68.9 Å². The van der Waals surface area contributed by atoms with Gasteiger partial charge in [-0.2, -0.15) is 0 Å². The van der Waals surface area contributed by atoms with Crippen molar-refractivity contribution < 1.29 is 9.72 Å². The van der Waals surface area contributed by atoms with E-state index in [1.165, 1.54) is 12.1 Å². The topological polar surface area (TPSA) is 88.0 Å². The molecule has 2 aromatic carbocycles. The minimum absolute atomic E-state index is 0.0565. The van der Waals surface area contributed by atoms with Crippen molar-refractivity contribution in [1.82, 2.24) is 4.98 Å². The summed E-state index contributed by atoms with van der Waals surface area (Å²) in [6.45, 7) is 5.78. The number of nitrogens with one attached hydrogen (secondary N) is 2. The minimum Gasteiger partial charge on any atom is -0.351 e. The van der Waals surface area contributed by atoms with Crippen LogP contribution in [0, 0.1) is 30.9 Å². The number of carbonyl (C=O) groups is 1. The smallest absolute Gasteiger partial charge is 0.272 e. The minimum atomic E-state index is -0.482. The molecule has 0 aliphatic heterocycles. The maximum Gasteiger partial charge on any atom is 0.272 e. The molecule has 0 aliphatic rings. The van der Waals surface area contributed by atoms with E-state index >= 15 is 0 Å². The van der Waals surface area contributed by atoms with Crippen LogP contribution in [0.15, 0.2) is 36.4 Å². The first-order chi connectivity index (χ1) is 11.3. The zero-order chi connectivity index (χ0) is 17.4. The van der Waals surface area contributed by atoms with E-state index in [2.05, 4.69) is 16.4 Å². The monoisotopic (exact) mass is 323 g/mol. The third-order valence-electron chi connectivity index (χ3n) is 4.01. The molecule has 6 nitrogen and oxygen atoms in total. The van der Waals surface area contributed by atoms with E-state index in [4.69, 9.17) is 0 Å². The molecule has 1 heterocycles. The van der Waals surface area contributed by atoms with Gasteiger partial charge in [-0.05, 0) is 49.6 Å². The van der Waals surface area contributed by atoms with Crippen LogP contribution in [0.3, 0.4) is 0 Å². The highest BCUT2D eigenvalue weighted by molar-refractivity contribution is 6.06. The molecule has 1 aromatic heterocycles. The number of aryl methyl sites for hydroxylation is 3. The van der Waals surface area contributed by atoms with Crippen molar-refractivity contribution >= 4 is 28.2 Å². The Balaban J connectivity index is 1.94. The fourth-order valence-corrected chi connectivity index (χ4v) is 2.77. The number of hydrogen-bond acceptors (Lipinski definition) is 3. The molecule has 122 valence electrons. The summed E-state index contributed by atoms with van der Waals surface area (Å²) in [5.74, 6) is -0.327. The highest BCUT2D eigenvalue weighted by Gasteiger charge is 2.14. The van der Waals surface area contributed by atoms with Crippen LogP contribution < -0.4 is 5.32 Å². The third-order valence-corrected chi connectivity index (χ3v) is 4.01. The second kappa shape index (κ2) is 5.81. The van der Waals surface area contributed by atoms with Crippen molar-refractivity contribution in [3.8, 4) is 0 Å². The number of nitrogens with zero attached hydrogens (tertiary/aromatic N) is 1. The molecule has 0 spiro atoms. The molecule has 0 unspecified atom stereocenters. The highest BCUT2D eigenvalue weighted by Crippen LogP contribution is 2.24. The predicted molar refractivity (Wildman–Crippen MR) is 93.6 cm³/mol. The van der Waals surface area contributed by atoms with E-state index in [1.807, 2.05) is 19.9 Å². The van der Waals surface area contributed by atoms with Crippen LogP contribution in [0.4, 0.5) is 11.4 Å². The fourth-order valence-electron chi connectivity index (χ4n) is 2.77. The van der Waals surface area contributed by atoms with Gasteiger partial charge in [-0.25, -0.2) is 0 Å². The fraction of sp³-hybridized carbons (Fsp3) is 0.167. The summed E-state index contributed by atoms with van der Waals surface area (Å²) < 4.78 is 0. The van der Waals surface area contributed by atoms with Gasteiger partial charge in [0.05, 0.1) is 10.6 Å². The summed E-state index contributed by atoms with van der Waals surface area (Å²) >= 11 is 0. The van der Waals surface area contributed by atoms with E-state index in [0.29, 0.717) is 11.4 Å². The lowest BCUT2D eigenvalue weighted by Crippen LogP contribution is -2.13. The second-order valence-corrected chi connectivity index (χ2v) is 5.94. The summed E-state index contributed by atoms with van der Waals surface area (Å²) in [4.78, 5) is 26.0. The number of non-ortho nitro benzene ring substituents is 1. The first kappa shape index (κ1) is 15.7. The van der Waals surface area contributed by atoms with Gasteiger partial charge in [0.1, 0.15) is 5.69 Å². The maximum absolute atomic E-state index is 12.5. The predicted octanol–water partition coefficient (Wildman–Crippen LogP) is 4.25. The number of rotatable bonds is 3. The van der Waals surface area contributed by atoms with Crippen LogP contribution in [0.1, 0.15) is 27.2 Å². The SMILES string of the molecule is Cc1cc(C)c2cc(C(=O)Nc3cc([N+](=O)[O-])ccc3C)[nH]c2c1. The van der Waals surface area contributed by atoms with Gasteiger partial charge in [0.25, 0.3) is 11.6 Å². The Hall–Kier alpha value is -3.15. The van der Waals surface area contributed by atoms with Gasteiger partial charge in [-0.3, -0.25) is 14.9 Å². The van der Waals surface area contributed by atoms with Crippen LogP contribution in [0.5, 0.6) is 0 Å². The molecule has 3 aromatic rings. The zero-order valence-electron chi connectivity index (χ0n) is 13.6. The molecule has 1 amide bonds. The first-order valence-corrected chi connectivity index (χ1v) is 7.51. The Bertz CT molecular complexity index is 973. The number of nitro groups is 1. The average molecular weight is 323 g/mol. The summed E-state index contributed by atoms with van der Waals surface area (Å²) in [7, 11) is 0. The van der Waals surface area contributed by atoms with Gasteiger partial charge in [-0.1, -0.05) is 12.1 Å². The van der Waals surface area contributed by atoms with E-state index in [0.717, 1.165) is 27.6 Å². The molecule has 3 rings (SSSR count). The number of hydrogen-bond donors (Lipinski definition) is 2. The number of carbonyl (C=O) groups excluding carboxylic acids is 1. The Morgan fingerprint density at radius 1 is 1.08 bits per heavy atom. The van der Waals surface area contributed by atoms with Crippen LogP contribution in [0.2, 0.25) is 0 Å². The second-order valence-electron chi connectivity index (χ2n) is 5.94. The van der Waals surface area contributed by atoms with Crippen LogP contribution >= 0.6 is 0 Å². The summed E-state index contributed by atoms with van der Waals surface area (Å²) in [5.41, 5.74) is 4.66. The number of nitro benzene ring substituents is 1. The van der Waals surface area contributed by atoms with Crippen LogP contribution in [0.25, 0.3) is 10.9 Å². The largest absolute Gasteiger partial charge is 0.351 e. The summed E-state index contributed by atoms with van der Waals surface area (Å²) in [5, 5.41) is 14.6. The molecule has 2 N–H and O–H groups in total. The van der Waals surface area contributed by atoms with Crippen molar-refractivity contribution in [1.29, 1.82) is 0 Å². The lowest BCUT2D eigenvalue weighted by molar-refractivity contribution is -0.384. The Labute approximate surface area is 138 Å². The lowest BCUT2D eigenvalue weighted by atomic mass is 10.1. The molecule has 0 radical (unpaired) electrons. The van der Waals surface area contributed by atoms with Gasteiger partial charge in [0.15, 0.2) is 0 Å². The van der Waals surface area contributed by atoms with Crippen molar-refractivity contribution in [2.24, 2.45) is 0 Å². The Morgan fingerprint density at radius 2 is 1.83 bits per heavy atom. The van der Waals surface area contributed by atoms with Gasteiger partial charge in [-0.15, -0.1) is 0 Å². The number of benzene rings is 2. The number of aromatic nitrogens is 1. The standard InChI is InChI=1S/C18H17N3O3/c1-10-6-12(3)14-9-17(19-16(14)7-10)18(22)20-15-8-13(21(23)24)5-4-11(15)2/h4-9,19H,1-3H3,(H,20,22). The van der Waals surface area contributed by atoms with Gasteiger partial charge < -0.3 is 10.3 Å². The normalized spacial score (nSPS) is 10.8. The van der Waals surface area contributed by atoms with E-state index in [1.54, 1.807) is 19.1 Å². The summed E-state index contributed by atoms with van der Waals surface area (Å²) in [6.07, 6.45) is 0. The number of anilines is 1. The Morgan fingerprint density at radius 3 is 2.54 bits per heavy atom. The number of amides is 1. The molecule has 24 heavy (non-hydrogen) atoms. The molecule has 6 heteroatoms. The van der Waals surface area contributed by atoms with Gasteiger partial charge in [0, 0.05) is 23.0 Å². The average Bonchev–Trinajstić information content (AvgIpc) is 2.93. The number of fused-ring (bicyclic) bond motifs is 1. The number of aromatic amines is 1. The third kappa shape index (κ3) is 2.86. The van der Waals surface area contributed by atoms with Crippen LogP contribution in [-0.4, -0.2) is 15.8 Å².